The zero-order valence-electron chi connectivity index (χ0n) is 14.0. The second-order valence-electron chi connectivity index (χ2n) is 6.72. The number of benzene rings is 2. The fourth-order valence-electron chi connectivity index (χ4n) is 3.62. The van der Waals surface area contributed by atoms with Gasteiger partial charge in [0.25, 0.3) is 0 Å². The van der Waals surface area contributed by atoms with Crippen LogP contribution in [0.4, 0.5) is 5.69 Å². The molecule has 0 atom stereocenters. The van der Waals surface area contributed by atoms with E-state index in [9.17, 15) is 4.79 Å². The smallest absolute Gasteiger partial charge is 0.187 e. The molecule has 0 amide bonds. The van der Waals surface area contributed by atoms with Crippen LogP contribution in [-0.4, -0.2) is 30.8 Å². The van der Waals surface area contributed by atoms with E-state index in [1.807, 2.05) is 18.3 Å². The Kier molecular flexibility index (Phi) is 3.95. The number of hydrogen-bond donors (Lipinski definition) is 0. The van der Waals surface area contributed by atoms with Crippen molar-refractivity contribution in [2.45, 2.75) is 19.4 Å². The fraction of sp³-hybridized carbons (Fsp3) is 0.286. The van der Waals surface area contributed by atoms with Gasteiger partial charge in [0.1, 0.15) is 0 Å². The SMILES string of the molecule is CN1CCc2ccc(C(=O)/C=C/N3CCc4ccccc43)cc2C1. The van der Waals surface area contributed by atoms with E-state index in [-0.39, 0.29) is 5.78 Å². The molecule has 2 aromatic rings. The summed E-state index contributed by atoms with van der Waals surface area (Å²) < 4.78 is 0. The van der Waals surface area contributed by atoms with Crippen molar-refractivity contribution in [1.82, 2.24) is 4.90 Å². The van der Waals surface area contributed by atoms with Crippen molar-refractivity contribution in [2.75, 3.05) is 25.0 Å². The second kappa shape index (κ2) is 6.25. The topological polar surface area (TPSA) is 23.6 Å². The van der Waals surface area contributed by atoms with E-state index < -0.39 is 0 Å². The van der Waals surface area contributed by atoms with Crippen LogP contribution in [-0.2, 0) is 19.4 Å². The molecule has 0 bridgehead atoms. The minimum atomic E-state index is 0.0791. The number of nitrogens with zero attached hydrogens (tertiary/aromatic N) is 2. The number of para-hydroxylation sites is 1. The molecule has 2 aliphatic rings. The predicted molar refractivity (Wildman–Crippen MR) is 97.4 cm³/mol. The minimum Gasteiger partial charge on any atom is -0.347 e. The summed E-state index contributed by atoms with van der Waals surface area (Å²) in [5.41, 5.74) is 6.02. The molecule has 0 aliphatic carbocycles. The predicted octanol–water partition coefficient (Wildman–Crippen LogP) is 3.43. The highest BCUT2D eigenvalue weighted by Crippen LogP contribution is 2.27. The number of rotatable bonds is 3. The lowest BCUT2D eigenvalue weighted by Crippen LogP contribution is -2.26. The van der Waals surface area contributed by atoms with E-state index in [1.54, 1.807) is 6.08 Å². The summed E-state index contributed by atoms with van der Waals surface area (Å²) in [6.07, 6.45) is 5.75. The normalized spacial score (nSPS) is 17.1. The molecule has 0 unspecified atom stereocenters. The molecule has 3 nitrogen and oxygen atoms in total. The Bertz CT molecular complexity index is 809. The van der Waals surface area contributed by atoms with Gasteiger partial charge in [-0.15, -0.1) is 0 Å². The Morgan fingerprint density at radius 2 is 1.83 bits per heavy atom. The largest absolute Gasteiger partial charge is 0.347 e. The molecule has 2 heterocycles. The molecule has 0 N–H and O–H groups in total. The van der Waals surface area contributed by atoms with Crippen LogP contribution in [0.2, 0.25) is 0 Å². The molecule has 0 saturated carbocycles. The standard InChI is InChI=1S/C21H22N2O/c1-22-11-8-16-6-7-18(14-19(16)15-22)21(24)10-13-23-12-9-17-4-2-3-5-20(17)23/h2-7,10,13-14H,8-9,11-12,15H2,1H3/b13-10+. The van der Waals surface area contributed by atoms with Crippen LogP contribution in [0.15, 0.2) is 54.7 Å². The molecule has 3 heteroatoms. The Labute approximate surface area is 143 Å². The van der Waals surface area contributed by atoms with Crippen LogP contribution in [0.5, 0.6) is 0 Å². The first kappa shape index (κ1) is 15.2. The number of anilines is 1. The zero-order valence-corrected chi connectivity index (χ0v) is 14.0. The van der Waals surface area contributed by atoms with E-state index in [0.29, 0.717) is 0 Å². The summed E-state index contributed by atoms with van der Waals surface area (Å²) in [6.45, 7) is 2.96. The monoisotopic (exact) mass is 318 g/mol. The Morgan fingerprint density at radius 1 is 1.00 bits per heavy atom. The van der Waals surface area contributed by atoms with Crippen LogP contribution < -0.4 is 4.90 Å². The highest BCUT2D eigenvalue weighted by Gasteiger charge is 2.17. The summed E-state index contributed by atoms with van der Waals surface area (Å²) in [6, 6.07) is 14.5. The van der Waals surface area contributed by atoms with Gasteiger partial charge in [0, 0.05) is 43.2 Å². The highest BCUT2D eigenvalue weighted by atomic mass is 16.1. The number of hydrogen-bond acceptors (Lipinski definition) is 3. The van der Waals surface area contributed by atoms with Crippen molar-refractivity contribution in [3.63, 3.8) is 0 Å². The molecule has 0 saturated heterocycles. The van der Waals surface area contributed by atoms with Crippen molar-refractivity contribution in [3.8, 4) is 0 Å². The fourth-order valence-corrected chi connectivity index (χ4v) is 3.62. The van der Waals surface area contributed by atoms with Gasteiger partial charge in [-0.3, -0.25) is 4.79 Å². The van der Waals surface area contributed by atoms with E-state index >= 15 is 0 Å². The molecule has 122 valence electrons. The number of carbonyl (C=O) groups is 1. The van der Waals surface area contributed by atoms with Gasteiger partial charge < -0.3 is 9.80 Å². The maximum atomic E-state index is 12.6. The summed E-state index contributed by atoms with van der Waals surface area (Å²) in [4.78, 5) is 17.0. The third-order valence-electron chi connectivity index (χ3n) is 5.02. The molecule has 0 radical (unpaired) electrons. The molecule has 0 aromatic heterocycles. The first-order valence-electron chi connectivity index (χ1n) is 8.58. The third-order valence-corrected chi connectivity index (χ3v) is 5.02. The average Bonchev–Trinajstić information content (AvgIpc) is 3.02. The summed E-state index contributed by atoms with van der Waals surface area (Å²) in [5, 5.41) is 0. The average molecular weight is 318 g/mol. The Morgan fingerprint density at radius 3 is 2.75 bits per heavy atom. The van der Waals surface area contributed by atoms with E-state index in [2.05, 4.69) is 47.2 Å². The van der Waals surface area contributed by atoms with Crippen LogP contribution in [0, 0.1) is 0 Å². The van der Waals surface area contributed by atoms with Gasteiger partial charge in [0.05, 0.1) is 0 Å². The number of allylic oxidation sites excluding steroid dienone is 1. The molecule has 4 rings (SSSR count). The van der Waals surface area contributed by atoms with Crippen molar-refractivity contribution in [3.05, 3.63) is 77.0 Å². The zero-order chi connectivity index (χ0) is 16.5. The van der Waals surface area contributed by atoms with Gasteiger partial charge in [-0.05, 0) is 48.7 Å². The van der Waals surface area contributed by atoms with Gasteiger partial charge in [0.2, 0.25) is 0 Å². The third kappa shape index (κ3) is 2.87. The van der Waals surface area contributed by atoms with Gasteiger partial charge in [-0.1, -0.05) is 30.3 Å². The summed E-state index contributed by atoms with van der Waals surface area (Å²) in [5.74, 6) is 0.0791. The van der Waals surface area contributed by atoms with Gasteiger partial charge >= 0.3 is 0 Å². The van der Waals surface area contributed by atoms with Crippen molar-refractivity contribution in [1.29, 1.82) is 0 Å². The maximum absolute atomic E-state index is 12.6. The Balaban J connectivity index is 1.52. The van der Waals surface area contributed by atoms with Crippen molar-refractivity contribution >= 4 is 11.5 Å². The molecule has 2 aromatic carbocycles. The molecule has 0 fully saturated rings. The van der Waals surface area contributed by atoms with E-state index in [1.165, 1.54) is 22.4 Å². The van der Waals surface area contributed by atoms with Crippen LogP contribution in [0.3, 0.4) is 0 Å². The number of fused-ring (bicyclic) bond motifs is 2. The lowest BCUT2D eigenvalue weighted by atomic mass is 9.96. The number of ketones is 1. The van der Waals surface area contributed by atoms with Crippen molar-refractivity contribution in [2.24, 2.45) is 0 Å². The van der Waals surface area contributed by atoms with Crippen LogP contribution in [0.25, 0.3) is 0 Å². The maximum Gasteiger partial charge on any atom is 0.187 e. The second-order valence-corrected chi connectivity index (χ2v) is 6.72. The van der Waals surface area contributed by atoms with Gasteiger partial charge in [0.15, 0.2) is 5.78 Å². The molecule has 0 spiro atoms. The van der Waals surface area contributed by atoms with Crippen molar-refractivity contribution < 1.29 is 4.79 Å². The summed E-state index contributed by atoms with van der Waals surface area (Å²) in [7, 11) is 2.13. The van der Waals surface area contributed by atoms with E-state index in [0.717, 1.165) is 38.0 Å². The summed E-state index contributed by atoms with van der Waals surface area (Å²) >= 11 is 0. The molecule has 24 heavy (non-hydrogen) atoms. The number of carbonyl (C=O) groups excluding carboxylic acids is 1. The number of likely N-dealkylation sites (N-methyl/N-ethyl adjacent to an activating group) is 1. The van der Waals surface area contributed by atoms with E-state index in [4.69, 9.17) is 0 Å². The lowest BCUT2D eigenvalue weighted by molar-refractivity contribution is 0.104. The molecule has 2 aliphatic heterocycles. The first-order valence-corrected chi connectivity index (χ1v) is 8.58. The molecular weight excluding hydrogens is 296 g/mol. The quantitative estimate of drug-likeness (QED) is 0.640. The highest BCUT2D eigenvalue weighted by molar-refractivity contribution is 6.04. The Hall–Kier alpha value is -2.39. The van der Waals surface area contributed by atoms with Crippen LogP contribution >= 0.6 is 0 Å². The lowest BCUT2D eigenvalue weighted by Gasteiger charge is -2.25. The van der Waals surface area contributed by atoms with Gasteiger partial charge in [-0.25, -0.2) is 0 Å². The molecular formula is C21H22N2O. The van der Waals surface area contributed by atoms with Gasteiger partial charge in [-0.2, -0.15) is 0 Å². The minimum absolute atomic E-state index is 0.0791. The first-order chi connectivity index (χ1) is 11.7. The van der Waals surface area contributed by atoms with Crippen LogP contribution in [0.1, 0.15) is 27.0 Å².